The zero-order valence-corrected chi connectivity index (χ0v) is 22.8. The average Bonchev–Trinajstić information content (AvgIpc) is 2.85. The first kappa shape index (κ1) is 34.6. The molecule has 0 aromatic heterocycles. The van der Waals surface area contributed by atoms with E-state index in [-0.39, 0.29) is 24.3 Å². The van der Waals surface area contributed by atoms with Gasteiger partial charge >= 0.3 is 8.60 Å². The summed E-state index contributed by atoms with van der Waals surface area (Å²) in [5.74, 6) is 0.0248. The molecule has 0 fully saturated rings. The lowest BCUT2D eigenvalue weighted by molar-refractivity contribution is -0.122. The summed E-state index contributed by atoms with van der Waals surface area (Å²) < 4.78 is 25.5. The third-order valence-electron chi connectivity index (χ3n) is 4.76. The van der Waals surface area contributed by atoms with Crippen LogP contribution in [0.2, 0.25) is 0 Å². The lowest BCUT2D eigenvalue weighted by Crippen LogP contribution is -2.27. The highest BCUT2D eigenvalue weighted by molar-refractivity contribution is 7.40. The molecule has 36 heavy (non-hydrogen) atoms. The molecule has 12 nitrogen and oxygen atoms in total. The maximum atomic E-state index is 11.8. The predicted molar refractivity (Wildman–Crippen MR) is 136 cm³/mol. The number of unbranched alkanes of at least 4 members (excludes halogenated alkanes) is 4. The third kappa shape index (κ3) is 27.2. The maximum Gasteiger partial charge on any atom is 0.329 e. The van der Waals surface area contributed by atoms with Gasteiger partial charge < -0.3 is 44.1 Å². The van der Waals surface area contributed by atoms with Crippen molar-refractivity contribution in [1.82, 2.24) is 16.0 Å². The molecule has 0 aromatic rings. The van der Waals surface area contributed by atoms with Crippen LogP contribution in [0, 0.1) is 0 Å². The molecule has 0 aliphatic rings. The Hall–Kier alpha value is -1.40. The monoisotopic (exact) mass is 539 g/mol. The molecule has 3 amide bonds. The van der Waals surface area contributed by atoms with E-state index in [1.165, 1.54) is 14.0 Å². The highest BCUT2D eigenvalue weighted by atomic mass is 31.2. The number of hydrogen-bond acceptors (Lipinski definition) is 9. The second kappa shape index (κ2) is 26.7. The summed E-state index contributed by atoms with van der Waals surface area (Å²) in [6.07, 6.45) is 6.08. The first-order chi connectivity index (χ1) is 17.5. The van der Waals surface area contributed by atoms with Crippen molar-refractivity contribution < 1.29 is 42.5 Å². The second-order valence-electron chi connectivity index (χ2n) is 7.89. The van der Waals surface area contributed by atoms with Gasteiger partial charge in [-0.15, -0.1) is 0 Å². The van der Waals surface area contributed by atoms with E-state index >= 15 is 0 Å². The SMILES string of the molecule is COP(O)OCCOCCOCCOCCNC(=O)CCCCCNC(=O)CCCCCNC(C)=O. The number of rotatable bonds is 26. The second-order valence-corrected chi connectivity index (χ2v) is 8.99. The first-order valence-electron chi connectivity index (χ1n) is 12.6. The van der Waals surface area contributed by atoms with E-state index in [2.05, 4.69) is 20.5 Å². The molecule has 0 aliphatic carbocycles. The minimum absolute atomic E-state index is 0.00135. The van der Waals surface area contributed by atoms with E-state index in [0.29, 0.717) is 72.1 Å². The van der Waals surface area contributed by atoms with Crippen LogP contribution in [0.5, 0.6) is 0 Å². The van der Waals surface area contributed by atoms with Gasteiger partial charge in [0, 0.05) is 46.5 Å². The van der Waals surface area contributed by atoms with Crippen LogP contribution >= 0.6 is 8.60 Å². The molecule has 4 N–H and O–H groups in total. The highest BCUT2D eigenvalue weighted by Crippen LogP contribution is 2.30. The van der Waals surface area contributed by atoms with Crippen LogP contribution in [0.4, 0.5) is 0 Å². The average molecular weight is 540 g/mol. The smallest absolute Gasteiger partial charge is 0.329 e. The van der Waals surface area contributed by atoms with E-state index < -0.39 is 8.60 Å². The van der Waals surface area contributed by atoms with Crippen molar-refractivity contribution in [3.63, 3.8) is 0 Å². The number of ether oxygens (including phenoxy) is 3. The van der Waals surface area contributed by atoms with Crippen molar-refractivity contribution in [1.29, 1.82) is 0 Å². The van der Waals surface area contributed by atoms with Crippen LogP contribution < -0.4 is 16.0 Å². The van der Waals surface area contributed by atoms with Gasteiger partial charge in [0.25, 0.3) is 0 Å². The van der Waals surface area contributed by atoms with Crippen molar-refractivity contribution in [2.24, 2.45) is 0 Å². The molecule has 0 saturated carbocycles. The molecule has 0 heterocycles. The van der Waals surface area contributed by atoms with Gasteiger partial charge in [-0.3, -0.25) is 14.4 Å². The zero-order valence-electron chi connectivity index (χ0n) is 21.9. The Bertz CT molecular complexity index is 559. The minimum atomic E-state index is -1.81. The van der Waals surface area contributed by atoms with Crippen molar-refractivity contribution in [2.45, 2.75) is 58.3 Å². The van der Waals surface area contributed by atoms with Gasteiger partial charge in [0.05, 0.1) is 46.2 Å². The van der Waals surface area contributed by atoms with Gasteiger partial charge in [-0.2, -0.15) is 0 Å². The van der Waals surface area contributed by atoms with Gasteiger partial charge in [0.15, 0.2) is 0 Å². The molecule has 0 aliphatic heterocycles. The van der Waals surface area contributed by atoms with Crippen molar-refractivity contribution >= 4 is 26.3 Å². The summed E-state index contributed by atoms with van der Waals surface area (Å²) in [6, 6.07) is 0. The highest BCUT2D eigenvalue weighted by Gasteiger charge is 2.04. The Kier molecular flexibility index (Phi) is 25.6. The molecule has 0 radical (unpaired) electrons. The number of amides is 3. The summed E-state index contributed by atoms with van der Waals surface area (Å²) in [4.78, 5) is 43.4. The Balaban J connectivity index is 3.29. The fourth-order valence-corrected chi connectivity index (χ4v) is 3.21. The molecule has 0 spiro atoms. The fraction of sp³-hybridized carbons (Fsp3) is 0.870. The first-order valence-corrected chi connectivity index (χ1v) is 13.8. The Labute approximate surface area is 216 Å². The van der Waals surface area contributed by atoms with Gasteiger partial charge in [-0.25, -0.2) is 0 Å². The largest absolute Gasteiger partial charge is 0.377 e. The van der Waals surface area contributed by atoms with E-state index in [1.54, 1.807) is 0 Å². The third-order valence-corrected chi connectivity index (χ3v) is 5.47. The molecule has 13 heteroatoms. The van der Waals surface area contributed by atoms with E-state index in [9.17, 15) is 14.4 Å². The molecular formula is C23H46N3O9P. The summed E-state index contributed by atoms with van der Waals surface area (Å²) >= 11 is 0. The van der Waals surface area contributed by atoms with Crippen LogP contribution in [0.15, 0.2) is 0 Å². The standard InChI is InChI=1S/C23H46N3O9P/c1-21(27)24-11-7-3-5-9-22(28)25-12-8-4-6-10-23(29)26-13-14-32-15-16-33-17-18-34-19-20-35-36(30)31-2/h30H,3-20H2,1-2H3,(H,24,27)(H,25,28)(H,26,29). The number of carbonyl (C=O) groups is 3. The topological polar surface area (TPSA) is 154 Å². The van der Waals surface area contributed by atoms with Crippen LogP contribution in [0.25, 0.3) is 0 Å². The molecular weight excluding hydrogens is 493 g/mol. The molecule has 212 valence electrons. The van der Waals surface area contributed by atoms with Crippen molar-refractivity contribution in [3.05, 3.63) is 0 Å². The molecule has 0 bridgehead atoms. The quantitative estimate of drug-likeness (QED) is 0.0944. The van der Waals surface area contributed by atoms with E-state index in [1.807, 2.05) is 0 Å². The summed E-state index contributed by atoms with van der Waals surface area (Å²) in [5.41, 5.74) is 0. The Morgan fingerprint density at radius 2 is 1.11 bits per heavy atom. The lowest BCUT2D eigenvalue weighted by Gasteiger charge is -2.09. The molecule has 0 rings (SSSR count). The molecule has 1 unspecified atom stereocenters. The Morgan fingerprint density at radius 3 is 1.64 bits per heavy atom. The number of hydrogen-bond donors (Lipinski definition) is 4. The van der Waals surface area contributed by atoms with E-state index in [4.69, 9.17) is 23.6 Å². The zero-order chi connectivity index (χ0) is 26.7. The molecule has 1 atom stereocenters. The fourth-order valence-electron chi connectivity index (χ4n) is 2.88. The van der Waals surface area contributed by atoms with Crippen LogP contribution in [-0.2, 0) is 37.6 Å². The summed E-state index contributed by atoms with van der Waals surface area (Å²) in [7, 11) is -0.437. The summed E-state index contributed by atoms with van der Waals surface area (Å²) in [6.45, 7) is 5.99. The van der Waals surface area contributed by atoms with Gasteiger partial charge in [0.1, 0.15) is 0 Å². The van der Waals surface area contributed by atoms with Gasteiger partial charge in [0.2, 0.25) is 17.7 Å². The van der Waals surface area contributed by atoms with E-state index in [0.717, 1.165) is 38.5 Å². The van der Waals surface area contributed by atoms with Crippen molar-refractivity contribution in [3.8, 4) is 0 Å². The molecule has 0 aromatic carbocycles. The van der Waals surface area contributed by atoms with Crippen LogP contribution in [0.3, 0.4) is 0 Å². The predicted octanol–water partition coefficient (Wildman–Crippen LogP) is 1.41. The number of nitrogens with one attached hydrogen (secondary N) is 3. The number of carbonyl (C=O) groups excluding carboxylic acids is 3. The van der Waals surface area contributed by atoms with Gasteiger partial charge in [-0.1, -0.05) is 12.8 Å². The van der Waals surface area contributed by atoms with Crippen LogP contribution in [-0.4, -0.2) is 95.6 Å². The summed E-state index contributed by atoms with van der Waals surface area (Å²) in [5, 5.41) is 8.46. The Morgan fingerprint density at radius 1 is 0.639 bits per heavy atom. The maximum absolute atomic E-state index is 11.8. The van der Waals surface area contributed by atoms with Crippen molar-refractivity contribution in [2.75, 3.05) is 73.0 Å². The normalized spacial score (nSPS) is 11.8. The lowest BCUT2D eigenvalue weighted by atomic mass is 10.1. The minimum Gasteiger partial charge on any atom is -0.377 e. The van der Waals surface area contributed by atoms with Gasteiger partial charge in [-0.05, 0) is 25.7 Å². The molecule has 0 saturated heterocycles. The van der Waals surface area contributed by atoms with Crippen LogP contribution in [0.1, 0.15) is 58.3 Å².